The van der Waals surface area contributed by atoms with Crippen LogP contribution in [0.2, 0.25) is 0 Å². The number of anilines is 1. The van der Waals surface area contributed by atoms with Crippen molar-refractivity contribution in [1.82, 2.24) is 5.32 Å². The van der Waals surface area contributed by atoms with E-state index >= 15 is 0 Å². The van der Waals surface area contributed by atoms with Crippen LogP contribution in [-0.2, 0) is 4.79 Å². The molecule has 2 aliphatic rings. The molecule has 1 saturated heterocycles. The van der Waals surface area contributed by atoms with E-state index in [0.717, 1.165) is 18.5 Å². The number of hydrogen-bond donors (Lipinski definition) is 1. The van der Waals surface area contributed by atoms with Crippen LogP contribution >= 0.6 is 0 Å². The topological polar surface area (TPSA) is 49.4 Å². The van der Waals surface area contributed by atoms with E-state index in [0.29, 0.717) is 31.4 Å². The first kappa shape index (κ1) is 18.7. The zero-order chi connectivity index (χ0) is 18.7. The van der Waals surface area contributed by atoms with E-state index in [1.165, 1.54) is 0 Å². The third kappa shape index (κ3) is 4.37. The molecule has 4 nitrogen and oxygen atoms in total. The molecule has 2 unspecified atom stereocenters. The van der Waals surface area contributed by atoms with Gasteiger partial charge in [0.2, 0.25) is 5.91 Å². The summed E-state index contributed by atoms with van der Waals surface area (Å²) in [6.07, 6.45) is -0.712. The second kappa shape index (κ2) is 7.68. The Bertz CT molecular complexity index is 658. The zero-order valence-electron chi connectivity index (χ0n) is 14.5. The molecule has 1 aromatic carbocycles. The number of alkyl halides is 3. The minimum absolute atomic E-state index is 0.0599. The van der Waals surface area contributed by atoms with Crippen molar-refractivity contribution in [2.45, 2.75) is 57.2 Å². The van der Waals surface area contributed by atoms with E-state index in [2.05, 4.69) is 5.32 Å². The molecule has 1 saturated carbocycles. The van der Waals surface area contributed by atoms with Crippen LogP contribution in [0, 0.1) is 5.92 Å². The van der Waals surface area contributed by atoms with Crippen LogP contribution in [0.3, 0.4) is 0 Å². The third-order valence-electron chi connectivity index (χ3n) is 5.24. The van der Waals surface area contributed by atoms with Crippen molar-refractivity contribution in [3.05, 3.63) is 29.8 Å². The fourth-order valence-corrected chi connectivity index (χ4v) is 3.76. The lowest BCUT2D eigenvalue weighted by Crippen LogP contribution is -2.41. The lowest BCUT2D eigenvalue weighted by molar-refractivity contribution is -0.183. The van der Waals surface area contributed by atoms with Crippen molar-refractivity contribution < 1.29 is 22.8 Å². The van der Waals surface area contributed by atoms with Gasteiger partial charge in [-0.1, -0.05) is 6.42 Å². The molecule has 1 aromatic rings. The Morgan fingerprint density at radius 1 is 1.08 bits per heavy atom. The Morgan fingerprint density at radius 3 is 2.46 bits per heavy atom. The Balaban J connectivity index is 1.60. The molecule has 3 rings (SSSR count). The normalized spacial score (nSPS) is 24.4. The summed E-state index contributed by atoms with van der Waals surface area (Å²) in [5, 5.41) is 2.73. The summed E-state index contributed by atoms with van der Waals surface area (Å²) in [6.45, 7) is 0.672. The van der Waals surface area contributed by atoms with Gasteiger partial charge < -0.3 is 10.2 Å². The third-order valence-corrected chi connectivity index (χ3v) is 5.24. The number of hydrogen-bond acceptors (Lipinski definition) is 2. The van der Waals surface area contributed by atoms with E-state index < -0.39 is 18.1 Å². The highest BCUT2D eigenvalue weighted by Crippen LogP contribution is 2.37. The molecular weight excluding hydrogens is 345 g/mol. The minimum Gasteiger partial charge on any atom is -0.349 e. The summed E-state index contributed by atoms with van der Waals surface area (Å²) >= 11 is 0. The van der Waals surface area contributed by atoms with Crippen molar-refractivity contribution >= 4 is 17.5 Å². The van der Waals surface area contributed by atoms with Crippen LogP contribution in [0.4, 0.5) is 18.9 Å². The summed E-state index contributed by atoms with van der Waals surface area (Å²) in [4.78, 5) is 26.0. The van der Waals surface area contributed by atoms with Gasteiger partial charge in [-0.2, -0.15) is 13.2 Å². The maximum atomic E-state index is 12.9. The number of carbonyl (C=O) groups is 2. The molecule has 1 aliphatic carbocycles. The standard InChI is InChI=1S/C19H23F3N2O2/c20-19(21,22)14-4-3-5-15(12-14)23-18(26)13-7-9-16(10-8-13)24-11-2-1-6-17(24)25/h7-10,14-15H,1-6,11-12H2,(H,23,26). The second-order valence-corrected chi connectivity index (χ2v) is 7.12. The van der Waals surface area contributed by atoms with Gasteiger partial charge >= 0.3 is 6.18 Å². The van der Waals surface area contributed by atoms with Gasteiger partial charge in [0.05, 0.1) is 5.92 Å². The molecular formula is C19H23F3N2O2. The van der Waals surface area contributed by atoms with Crippen LogP contribution in [0.15, 0.2) is 24.3 Å². The van der Waals surface area contributed by atoms with E-state index in [1.54, 1.807) is 29.2 Å². The van der Waals surface area contributed by atoms with Crippen LogP contribution in [0.1, 0.15) is 55.3 Å². The summed E-state index contributed by atoms with van der Waals surface area (Å²) in [5.41, 5.74) is 1.15. The average molecular weight is 368 g/mol. The number of benzene rings is 1. The predicted molar refractivity (Wildman–Crippen MR) is 91.9 cm³/mol. The molecule has 2 fully saturated rings. The number of rotatable bonds is 3. The van der Waals surface area contributed by atoms with Gasteiger partial charge in [-0.25, -0.2) is 0 Å². The SMILES string of the molecule is O=C(NC1CCCC(C(F)(F)F)C1)c1ccc(N2CCCCC2=O)cc1. The van der Waals surface area contributed by atoms with E-state index in [-0.39, 0.29) is 24.7 Å². The molecule has 0 aromatic heterocycles. The minimum atomic E-state index is -4.20. The maximum absolute atomic E-state index is 12.9. The van der Waals surface area contributed by atoms with Crippen molar-refractivity contribution in [1.29, 1.82) is 0 Å². The smallest absolute Gasteiger partial charge is 0.349 e. The molecule has 1 aliphatic heterocycles. The summed E-state index contributed by atoms with van der Waals surface area (Å²) < 4.78 is 38.6. The molecule has 0 spiro atoms. The van der Waals surface area contributed by atoms with Crippen molar-refractivity contribution in [3.8, 4) is 0 Å². The average Bonchev–Trinajstić information content (AvgIpc) is 2.62. The fourth-order valence-electron chi connectivity index (χ4n) is 3.76. The largest absolute Gasteiger partial charge is 0.391 e. The Hall–Kier alpha value is -2.05. The number of nitrogens with zero attached hydrogens (tertiary/aromatic N) is 1. The van der Waals surface area contributed by atoms with Gasteiger partial charge in [-0.3, -0.25) is 9.59 Å². The second-order valence-electron chi connectivity index (χ2n) is 7.12. The van der Waals surface area contributed by atoms with Crippen molar-refractivity contribution in [3.63, 3.8) is 0 Å². The first-order chi connectivity index (χ1) is 12.3. The molecule has 2 atom stereocenters. The summed E-state index contributed by atoms with van der Waals surface area (Å²) in [7, 11) is 0. The van der Waals surface area contributed by atoms with Crippen LogP contribution in [0.25, 0.3) is 0 Å². The molecule has 26 heavy (non-hydrogen) atoms. The molecule has 7 heteroatoms. The van der Waals surface area contributed by atoms with E-state index in [9.17, 15) is 22.8 Å². The van der Waals surface area contributed by atoms with Crippen LogP contribution in [0.5, 0.6) is 0 Å². The van der Waals surface area contributed by atoms with Crippen molar-refractivity contribution in [2.75, 3.05) is 11.4 Å². The summed E-state index contributed by atoms with van der Waals surface area (Å²) in [6, 6.07) is 6.23. The van der Waals surface area contributed by atoms with Gasteiger partial charge in [0, 0.05) is 30.3 Å². The molecule has 142 valence electrons. The monoisotopic (exact) mass is 368 g/mol. The molecule has 0 radical (unpaired) electrons. The first-order valence-corrected chi connectivity index (χ1v) is 9.12. The van der Waals surface area contributed by atoms with E-state index in [1.807, 2.05) is 0 Å². The quantitative estimate of drug-likeness (QED) is 0.875. The molecule has 1 heterocycles. The highest BCUT2D eigenvalue weighted by atomic mass is 19.4. The predicted octanol–water partition coefficient (Wildman–Crippen LogP) is 4.05. The highest BCUT2D eigenvalue weighted by Gasteiger charge is 2.42. The lowest BCUT2D eigenvalue weighted by atomic mass is 9.85. The summed E-state index contributed by atoms with van der Waals surface area (Å²) in [5.74, 6) is -1.63. The molecule has 2 amide bonds. The lowest BCUT2D eigenvalue weighted by Gasteiger charge is -2.31. The Morgan fingerprint density at radius 2 is 1.81 bits per heavy atom. The van der Waals surface area contributed by atoms with Crippen LogP contribution in [-0.4, -0.2) is 30.6 Å². The highest BCUT2D eigenvalue weighted by molar-refractivity contribution is 5.97. The maximum Gasteiger partial charge on any atom is 0.391 e. The molecule has 1 N–H and O–H groups in total. The van der Waals surface area contributed by atoms with Gasteiger partial charge in [-0.15, -0.1) is 0 Å². The van der Waals surface area contributed by atoms with Crippen molar-refractivity contribution in [2.24, 2.45) is 5.92 Å². The van der Waals surface area contributed by atoms with Gasteiger partial charge in [-0.05, 0) is 56.4 Å². The number of halogens is 3. The first-order valence-electron chi connectivity index (χ1n) is 9.12. The van der Waals surface area contributed by atoms with Crippen LogP contribution < -0.4 is 10.2 Å². The number of piperidine rings is 1. The van der Waals surface area contributed by atoms with Gasteiger partial charge in [0.1, 0.15) is 0 Å². The fraction of sp³-hybridized carbons (Fsp3) is 0.579. The van der Waals surface area contributed by atoms with Gasteiger partial charge in [0.25, 0.3) is 5.91 Å². The zero-order valence-corrected chi connectivity index (χ0v) is 14.5. The Labute approximate surface area is 150 Å². The number of nitrogens with one attached hydrogen (secondary N) is 1. The number of carbonyl (C=O) groups excluding carboxylic acids is 2. The number of amides is 2. The molecule has 0 bridgehead atoms. The van der Waals surface area contributed by atoms with Gasteiger partial charge in [0.15, 0.2) is 0 Å². The Kier molecular flexibility index (Phi) is 5.53. The van der Waals surface area contributed by atoms with E-state index in [4.69, 9.17) is 0 Å².